The molecule has 1 radical (unpaired) electrons. The Kier molecular flexibility index (Phi) is 5.60. The number of hydrogen-bond donors (Lipinski definition) is 1. The average Bonchev–Trinajstić information content (AvgIpc) is 2.34. The minimum Gasteiger partial charge on any atom is -0.396 e. The van der Waals surface area contributed by atoms with Crippen LogP contribution in [0.2, 0.25) is 0 Å². The van der Waals surface area contributed by atoms with E-state index < -0.39 is 48.8 Å². The van der Waals surface area contributed by atoms with Gasteiger partial charge >= 0.3 is 35.8 Å². The van der Waals surface area contributed by atoms with Gasteiger partial charge in [0.2, 0.25) is 0 Å². The zero-order chi connectivity index (χ0) is 19.1. The van der Waals surface area contributed by atoms with Crippen LogP contribution in [0.4, 0.5) is 57.1 Å². The number of rotatable bonds is 7. The molecule has 0 amide bonds. The molecule has 0 bridgehead atoms. The van der Waals surface area contributed by atoms with E-state index in [0.29, 0.717) is 0 Å². The molecule has 0 atom stereocenters. The molecule has 1 N–H and O–H groups in total. The van der Waals surface area contributed by atoms with Crippen molar-refractivity contribution in [2.75, 3.05) is 6.61 Å². The summed E-state index contributed by atoms with van der Waals surface area (Å²) < 4.78 is 163. The van der Waals surface area contributed by atoms with Crippen molar-refractivity contribution in [2.24, 2.45) is 0 Å². The quantitative estimate of drug-likeness (QED) is 0.656. The first-order chi connectivity index (χ1) is 9.81. The number of halogens is 13. The Morgan fingerprint density at radius 1 is 0.565 bits per heavy atom. The SMILES string of the molecule is OC[CH]CC(F)(F)C(F)(F)C(F)(F)C(F)(F)C(F)(F)C(F)(F)F. The fourth-order valence-corrected chi connectivity index (χ4v) is 1.18. The van der Waals surface area contributed by atoms with Crippen molar-refractivity contribution in [1.29, 1.82) is 0 Å². The van der Waals surface area contributed by atoms with Gasteiger partial charge in [-0.1, -0.05) is 0 Å². The molecule has 0 aliphatic heterocycles. The third kappa shape index (κ3) is 3.18. The average molecular weight is 377 g/mol. The molecule has 0 spiro atoms. The highest BCUT2D eigenvalue weighted by Crippen LogP contribution is 2.60. The van der Waals surface area contributed by atoms with Gasteiger partial charge in [-0.25, -0.2) is 0 Å². The molecular weight excluding hydrogens is 371 g/mol. The van der Waals surface area contributed by atoms with Crippen molar-refractivity contribution in [1.82, 2.24) is 0 Å². The predicted molar refractivity (Wildman–Crippen MR) is 46.8 cm³/mol. The van der Waals surface area contributed by atoms with Crippen LogP contribution in [0.5, 0.6) is 0 Å². The second-order valence-electron chi connectivity index (χ2n) is 4.18. The molecule has 1 nitrogen and oxygen atoms in total. The normalized spacial score (nSPS) is 15.9. The number of alkyl halides is 13. The molecule has 139 valence electrons. The van der Waals surface area contributed by atoms with Gasteiger partial charge in [-0.05, 0) is 6.42 Å². The van der Waals surface area contributed by atoms with Crippen LogP contribution < -0.4 is 0 Å². The van der Waals surface area contributed by atoms with E-state index in [0.717, 1.165) is 0 Å². The summed E-state index contributed by atoms with van der Waals surface area (Å²) in [6.07, 6.45) is -10.1. The molecule has 0 unspecified atom stereocenters. The van der Waals surface area contributed by atoms with Gasteiger partial charge in [0, 0.05) is 13.0 Å². The van der Waals surface area contributed by atoms with Crippen molar-refractivity contribution in [3.8, 4) is 0 Å². The van der Waals surface area contributed by atoms with E-state index in [1.165, 1.54) is 0 Å². The summed E-state index contributed by atoms with van der Waals surface area (Å²) in [7, 11) is 0. The number of aliphatic hydroxyl groups is 1. The predicted octanol–water partition coefficient (Wildman–Crippen LogP) is 4.31. The van der Waals surface area contributed by atoms with Gasteiger partial charge in [0.25, 0.3) is 0 Å². The van der Waals surface area contributed by atoms with Crippen molar-refractivity contribution in [3.63, 3.8) is 0 Å². The smallest absolute Gasteiger partial charge is 0.396 e. The summed E-state index contributed by atoms with van der Waals surface area (Å²) in [6.45, 7) is -1.41. The molecule has 14 heteroatoms. The van der Waals surface area contributed by atoms with Crippen LogP contribution in [-0.4, -0.2) is 47.5 Å². The summed E-state index contributed by atoms with van der Waals surface area (Å²) in [4.78, 5) is 0. The molecule has 23 heavy (non-hydrogen) atoms. The largest absolute Gasteiger partial charge is 0.460 e. The number of aliphatic hydroxyl groups excluding tert-OH is 1. The number of hydrogen-bond acceptors (Lipinski definition) is 1. The van der Waals surface area contributed by atoms with Crippen LogP contribution in [-0.2, 0) is 0 Å². The molecule has 0 rings (SSSR count). The maximum atomic E-state index is 12.9. The molecule has 0 aromatic heterocycles. The fourth-order valence-electron chi connectivity index (χ4n) is 1.18. The van der Waals surface area contributed by atoms with Crippen LogP contribution in [0.25, 0.3) is 0 Å². The van der Waals surface area contributed by atoms with Crippen molar-refractivity contribution in [3.05, 3.63) is 6.42 Å². The van der Waals surface area contributed by atoms with Crippen LogP contribution in [0.3, 0.4) is 0 Å². The Balaban J connectivity index is 6.03. The van der Waals surface area contributed by atoms with E-state index in [-0.39, 0.29) is 6.42 Å². The van der Waals surface area contributed by atoms with Crippen molar-refractivity contribution >= 4 is 0 Å². The lowest BCUT2D eigenvalue weighted by Crippen LogP contribution is -2.70. The highest BCUT2D eigenvalue weighted by Gasteiger charge is 2.90. The second-order valence-corrected chi connectivity index (χ2v) is 4.18. The fraction of sp³-hybridized carbons (Fsp3) is 0.889. The van der Waals surface area contributed by atoms with Gasteiger partial charge in [-0.3, -0.25) is 0 Å². The second kappa shape index (κ2) is 5.84. The lowest BCUT2D eigenvalue weighted by Gasteiger charge is -2.39. The zero-order valence-electron chi connectivity index (χ0n) is 10.4. The summed E-state index contributed by atoms with van der Waals surface area (Å²) in [5.74, 6) is -36.8. The lowest BCUT2D eigenvalue weighted by atomic mass is 9.92. The van der Waals surface area contributed by atoms with Gasteiger partial charge in [0.05, 0.1) is 0 Å². The molecule has 0 aliphatic rings. The molecule has 0 fully saturated rings. The Morgan fingerprint density at radius 2 is 0.913 bits per heavy atom. The standard InChI is InChI=1S/C9H6F13O/c10-4(11,2-1-3-23)5(12,13)6(14,15)7(16,17)8(18,19)9(20,21)22/h1,23H,2-3H2. The van der Waals surface area contributed by atoms with E-state index in [1.54, 1.807) is 0 Å². The summed E-state index contributed by atoms with van der Waals surface area (Å²) in [6, 6.07) is 0. The highest BCUT2D eigenvalue weighted by atomic mass is 19.4. The molecule has 0 heterocycles. The van der Waals surface area contributed by atoms with Gasteiger partial charge in [0.15, 0.2) is 0 Å². The third-order valence-corrected chi connectivity index (χ3v) is 2.53. The maximum Gasteiger partial charge on any atom is 0.460 e. The summed E-state index contributed by atoms with van der Waals surface area (Å²) in [5.41, 5.74) is 0. The molecule has 0 aromatic rings. The van der Waals surface area contributed by atoms with Gasteiger partial charge in [-0.2, -0.15) is 57.1 Å². The van der Waals surface area contributed by atoms with Crippen LogP contribution in [0.1, 0.15) is 6.42 Å². The van der Waals surface area contributed by atoms with Crippen LogP contribution in [0.15, 0.2) is 0 Å². The zero-order valence-corrected chi connectivity index (χ0v) is 10.4. The van der Waals surface area contributed by atoms with E-state index in [9.17, 15) is 57.1 Å². The summed E-state index contributed by atoms with van der Waals surface area (Å²) in [5, 5.41) is 8.06. The minimum absolute atomic E-state index is 0.204. The van der Waals surface area contributed by atoms with Gasteiger partial charge in [-0.15, -0.1) is 0 Å². The molecule has 0 aliphatic carbocycles. The Hall–Kier alpha value is -0.950. The van der Waals surface area contributed by atoms with E-state index in [1.807, 2.05) is 0 Å². The summed E-state index contributed by atoms with van der Waals surface area (Å²) >= 11 is 0. The Labute approximate surface area is 119 Å². The van der Waals surface area contributed by atoms with E-state index >= 15 is 0 Å². The van der Waals surface area contributed by atoms with Gasteiger partial charge < -0.3 is 5.11 Å². The highest BCUT2D eigenvalue weighted by molar-refractivity contribution is 5.10. The first-order valence-corrected chi connectivity index (χ1v) is 5.19. The van der Waals surface area contributed by atoms with Crippen LogP contribution in [0, 0.1) is 6.42 Å². The molecule has 0 aromatic carbocycles. The van der Waals surface area contributed by atoms with E-state index in [2.05, 4.69) is 0 Å². The van der Waals surface area contributed by atoms with Crippen molar-refractivity contribution < 1.29 is 62.2 Å². The molecular formula is C9H6F13O. The molecule has 0 saturated carbocycles. The van der Waals surface area contributed by atoms with Crippen molar-refractivity contribution in [2.45, 2.75) is 42.2 Å². The molecule has 0 saturated heterocycles. The monoisotopic (exact) mass is 377 g/mol. The first kappa shape index (κ1) is 22.1. The van der Waals surface area contributed by atoms with Gasteiger partial charge in [0.1, 0.15) is 0 Å². The maximum absolute atomic E-state index is 12.9. The lowest BCUT2D eigenvalue weighted by molar-refractivity contribution is -0.439. The minimum atomic E-state index is -7.88. The topological polar surface area (TPSA) is 20.2 Å². The third-order valence-electron chi connectivity index (χ3n) is 2.53. The first-order valence-electron chi connectivity index (χ1n) is 5.19. The van der Waals surface area contributed by atoms with E-state index in [4.69, 9.17) is 5.11 Å². The Bertz CT molecular complexity index is 410. The Morgan fingerprint density at radius 3 is 1.22 bits per heavy atom. The van der Waals surface area contributed by atoms with Crippen LogP contribution >= 0.6 is 0 Å².